The van der Waals surface area contributed by atoms with Gasteiger partial charge in [0.2, 0.25) is 5.91 Å². The minimum absolute atomic E-state index is 0.145. The molecule has 0 radical (unpaired) electrons. The summed E-state index contributed by atoms with van der Waals surface area (Å²) in [5.41, 5.74) is -0.0621. The zero-order valence-corrected chi connectivity index (χ0v) is 12.3. The number of amides is 1. The maximum Gasteiger partial charge on any atom is 0.296 e. The predicted molar refractivity (Wildman–Crippen MR) is 80.0 cm³/mol. The lowest BCUT2D eigenvalue weighted by atomic mass is 10.2. The first-order valence-corrected chi connectivity index (χ1v) is 6.67. The molecule has 0 bridgehead atoms. The number of hydrogen-bond acceptors (Lipinski definition) is 5. The van der Waals surface area contributed by atoms with Gasteiger partial charge in [0, 0.05) is 12.8 Å². The second kappa shape index (κ2) is 6.75. The van der Waals surface area contributed by atoms with Crippen LogP contribution in [0.15, 0.2) is 34.7 Å². The van der Waals surface area contributed by atoms with Crippen molar-refractivity contribution in [3.8, 4) is 5.75 Å². The molecule has 1 aromatic heterocycles. The highest BCUT2D eigenvalue weighted by Gasteiger charge is 2.17. The largest absolute Gasteiger partial charge is 0.496 e. The Hall–Kier alpha value is -2.83. The summed E-state index contributed by atoms with van der Waals surface area (Å²) in [6, 6.07) is 7.90. The van der Waals surface area contributed by atoms with E-state index >= 15 is 0 Å². The molecule has 22 heavy (non-hydrogen) atoms. The standard InChI is InChI=1S/C15H16N2O5/c1-10-3-4-11(22-10)6-8-15(18)16-13-7-5-12(21-2)9-14(13)17(19)20/h3-5,7,9H,6,8H2,1-2H3,(H,16,18). The number of nitro benzene ring substituents is 1. The van der Waals surface area contributed by atoms with Crippen molar-refractivity contribution < 1.29 is 18.9 Å². The van der Waals surface area contributed by atoms with Gasteiger partial charge in [0.1, 0.15) is 23.0 Å². The Kier molecular flexibility index (Phi) is 4.77. The SMILES string of the molecule is COc1ccc(NC(=O)CCc2ccc(C)o2)c([N+](=O)[O-])c1. The zero-order chi connectivity index (χ0) is 16.1. The van der Waals surface area contributed by atoms with Crippen LogP contribution in [0, 0.1) is 17.0 Å². The third kappa shape index (κ3) is 3.85. The van der Waals surface area contributed by atoms with Gasteiger partial charge in [0.05, 0.1) is 18.1 Å². The zero-order valence-electron chi connectivity index (χ0n) is 12.3. The van der Waals surface area contributed by atoms with Crippen molar-refractivity contribution >= 4 is 17.3 Å². The number of carbonyl (C=O) groups excluding carboxylic acids is 1. The number of nitrogens with zero attached hydrogens (tertiary/aromatic N) is 1. The van der Waals surface area contributed by atoms with E-state index in [0.717, 1.165) is 5.76 Å². The van der Waals surface area contributed by atoms with Gasteiger partial charge in [-0.25, -0.2) is 0 Å². The smallest absolute Gasteiger partial charge is 0.296 e. The predicted octanol–water partition coefficient (Wildman–Crippen LogP) is 3.08. The summed E-state index contributed by atoms with van der Waals surface area (Å²) >= 11 is 0. The number of methoxy groups -OCH3 is 1. The van der Waals surface area contributed by atoms with Gasteiger partial charge in [-0.1, -0.05) is 0 Å². The normalized spacial score (nSPS) is 10.3. The average molecular weight is 304 g/mol. The Morgan fingerprint density at radius 2 is 2.14 bits per heavy atom. The molecule has 1 amide bonds. The first-order valence-electron chi connectivity index (χ1n) is 6.67. The number of aryl methyl sites for hydroxylation is 2. The highest BCUT2D eigenvalue weighted by molar-refractivity contribution is 5.93. The van der Waals surface area contributed by atoms with E-state index in [2.05, 4.69) is 5.32 Å². The van der Waals surface area contributed by atoms with E-state index in [-0.39, 0.29) is 23.7 Å². The monoisotopic (exact) mass is 304 g/mol. The number of benzene rings is 1. The number of carbonyl (C=O) groups is 1. The summed E-state index contributed by atoms with van der Waals surface area (Å²) in [6.45, 7) is 1.82. The van der Waals surface area contributed by atoms with Crippen molar-refractivity contribution in [1.82, 2.24) is 0 Å². The van der Waals surface area contributed by atoms with E-state index in [0.29, 0.717) is 17.9 Å². The van der Waals surface area contributed by atoms with Crippen LogP contribution in [0.2, 0.25) is 0 Å². The molecule has 0 saturated heterocycles. The Morgan fingerprint density at radius 1 is 1.36 bits per heavy atom. The van der Waals surface area contributed by atoms with Crippen molar-refractivity contribution in [2.45, 2.75) is 19.8 Å². The second-order valence-electron chi connectivity index (χ2n) is 4.70. The lowest BCUT2D eigenvalue weighted by Gasteiger charge is -2.07. The Morgan fingerprint density at radius 3 is 2.73 bits per heavy atom. The fourth-order valence-corrected chi connectivity index (χ4v) is 1.96. The minimum Gasteiger partial charge on any atom is -0.496 e. The van der Waals surface area contributed by atoms with Gasteiger partial charge in [-0.3, -0.25) is 14.9 Å². The molecule has 0 aliphatic heterocycles. The average Bonchev–Trinajstić information content (AvgIpc) is 2.91. The van der Waals surface area contributed by atoms with Gasteiger partial charge in [0.25, 0.3) is 5.69 Å². The van der Waals surface area contributed by atoms with Crippen LogP contribution in [0.5, 0.6) is 5.75 Å². The molecule has 0 fully saturated rings. The first kappa shape index (κ1) is 15.6. The molecule has 116 valence electrons. The molecular weight excluding hydrogens is 288 g/mol. The quantitative estimate of drug-likeness (QED) is 0.653. The molecule has 1 heterocycles. The van der Waals surface area contributed by atoms with Crippen LogP contribution in [0.3, 0.4) is 0 Å². The van der Waals surface area contributed by atoms with E-state index in [4.69, 9.17) is 9.15 Å². The van der Waals surface area contributed by atoms with Crippen molar-refractivity contribution in [3.63, 3.8) is 0 Å². The molecule has 2 rings (SSSR count). The van der Waals surface area contributed by atoms with Gasteiger partial charge in [0.15, 0.2) is 0 Å². The fraction of sp³-hybridized carbons (Fsp3) is 0.267. The van der Waals surface area contributed by atoms with Gasteiger partial charge >= 0.3 is 0 Å². The summed E-state index contributed by atoms with van der Waals surface area (Å²) in [4.78, 5) is 22.4. The lowest BCUT2D eigenvalue weighted by molar-refractivity contribution is -0.384. The number of nitrogens with one attached hydrogen (secondary N) is 1. The topological polar surface area (TPSA) is 94.6 Å². The molecule has 0 spiro atoms. The van der Waals surface area contributed by atoms with Crippen molar-refractivity contribution in [3.05, 3.63) is 52.0 Å². The molecule has 7 heteroatoms. The summed E-state index contributed by atoms with van der Waals surface area (Å²) in [6.07, 6.45) is 0.611. The lowest BCUT2D eigenvalue weighted by Crippen LogP contribution is -2.13. The summed E-state index contributed by atoms with van der Waals surface area (Å²) in [7, 11) is 1.42. The molecule has 1 N–H and O–H groups in total. The van der Waals surface area contributed by atoms with E-state index < -0.39 is 4.92 Å². The summed E-state index contributed by atoms with van der Waals surface area (Å²) in [5, 5.41) is 13.6. The highest BCUT2D eigenvalue weighted by Crippen LogP contribution is 2.29. The molecule has 1 aromatic carbocycles. The van der Waals surface area contributed by atoms with Crippen LogP contribution in [0.4, 0.5) is 11.4 Å². The molecule has 0 aliphatic rings. The third-order valence-electron chi connectivity index (χ3n) is 3.07. The van der Waals surface area contributed by atoms with Crippen LogP contribution >= 0.6 is 0 Å². The number of furan rings is 1. The molecule has 2 aromatic rings. The Labute approximate surface area is 127 Å². The molecule has 0 saturated carbocycles. The number of hydrogen-bond donors (Lipinski definition) is 1. The molecule has 0 unspecified atom stereocenters. The van der Waals surface area contributed by atoms with Crippen LogP contribution < -0.4 is 10.1 Å². The molecular formula is C15H16N2O5. The fourth-order valence-electron chi connectivity index (χ4n) is 1.96. The van der Waals surface area contributed by atoms with E-state index in [9.17, 15) is 14.9 Å². The van der Waals surface area contributed by atoms with Crippen LogP contribution in [-0.2, 0) is 11.2 Å². The van der Waals surface area contributed by atoms with Gasteiger partial charge < -0.3 is 14.5 Å². The van der Waals surface area contributed by atoms with E-state index in [1.807, 2.05) is 13.0 Å². The number of rotatable bonds is 6. The van der Waals surface area contributed by atoms with Gasteiger partial charge in [-0.15, -0.1) is 0 Å². The number of nitro groups is 1. The second-order valence-corrected chi connectivity index (χ2v) is 4.70. The molecule has 0 atom stereocenters. The maximum atomic E-state index is 11.9. The Bertz CT molecular complexity index is 693. The minimum atomic E-state index is -0.561. The van der Waals surface area contributed by atoms with Gasteiger partial charge in [-0.2, -0.15) is 0 Å². The third-order valence-corrected chi connectivity index (χ3v) is 3.07. The summed E-state index contributed by atoms with van der Waals surface area (Å²) < 4.78 is 10.3. The van der Waals surface area contributed by atoms with E-state index in [1.54, 1.807) is 12.1 Å². The Balaban J connectivity index is 2.03. The molecule has 7 nitrogen and oxygen atoms in total. The maximum absolute atomic E-state index is 11.9. The number of ether oxygens (including phenoxy) is 1. The van der Waals surface area contributed by atoms with Crippen molar-refractivity contribution in [1.29, 1.82) is 0 Å². The summed E-state index contributed by atoms with van der Waals surface area (Å²) in [5.74, 6) is 1.52. The van der Waals surface area contributed by atoms with E-state index in [1.165, 1.54) is 19.2 Å². The number of anilines is 1. The first-order chi connectivity index (χ1) is 10.5. The van der Waals surface area contributed by atoms with Crippen LogP contribution in [-0.4, -0.2) is 17.9 Å². The molecule has 0 aliphatic carbocycles. The van der Waals surface area contributed by atoms with Crippen molar-refractivity contribution in [2.75, 3.05) is 12.4 Å². The van der Waals surface area contributed by atoms with Crippen LogP contribution in [0.25, 0.3) is 0 Å². The van der Waals surface area contributed by atoms with Gasteiger partial charge in [-0.05, 0) is 31.2 Å². The van der Waals surface area contributed by atoms with Crippen LogP contribution in [0.1, 0.15) is 17.9 Å². The van der Waals surface area contributed by atoms with Crippen molar-refractivity contribution in [2.24, 2.45) is 0 Å². The highest BCUT2D eigenvalue weighted by atomic mass is 16.6.